The van der Waals surface area contributed by atoms with Gasteiger partial charge in [-0.1, -0.05) is 11.6 Å². The van der Waals surface area contributed by atoms with Crippen LogP contribution in [0.1, 0.15) is 6.92 Å². The molecular weight excluding hydrogens is 319 g/mol. The Kier molecular flexibility index (Phi) is 4.64. The number of rotatable bonds is 5. The number of benzene rings is 1. The van der Waals surface area contributed by atoms with E-state index in [1.165, 1.54) is 30.5 Å². The van der Waals surface area contributed by atoms with Crippen LogP contribution in [-0.2, 0) is 10.0 Å². The average Bonchev–Trinajstić information content (AvgIpc) is 2.42. The van der Waals surface area contributed by atoms with E-state index in [4.69, 9.17) is 16.3 Å². The summed E-state index contributed by atoms with van der Waals surface area (Å²) in [5, 5.41) is -0.156. The van der Waals surface area contributed by atoms with Gasteiger partial charge in [0, 0.05) is 12.3 Å². The van der Waals surface area contributed by atoms with Crippen LogP contribution in [0.25, 0.3) is 0 Å². The maximum absolute atomic E-state index is 13.7. The molecule has 0 fully saturated rings. The van der Waals surface area contributed by atoms with Crippen molar-refractivity contribution in [2.45, 2.75) is 11.8 Å². The number of hydrogen-bond acceptors (Lipinski definition) is 4. The van der Waals surface area contributed by atoms with Crippen LogP contribution in [0, 0.1) is 5.82 Å². The molecule has 112 valence electrons. The molecular formula is C13H12ClFN2O3S. The Morgan fingerprint density at radius 2 is 2.14 bits per heavy atom. The van der Waals surface area contributed by atoms with Crippen molar-refractivity contribution in [2.75, 3.05) is 11.3 Å². The summed E-state index contributed by atoms with van der Waals surface area (Å²) < 4.78 is 45.3. The van der Waals surface area contributed by atoms with Gasteiger partial charge in [-0.05, 0) is 31.2 Å². The number of sulfonamides is 1. The van der Waals surface area contributed by atoms with Crippen molar-refractivity contribution in [3.05, 3.63) is 47.5 Å². The summed E-state index contributed by atoms with van der Waals surface area (Å²) in [5.74, 6) is -0.603. The van der Waals surface area contributed by atoms with Crippen LogP contribution in [0.5, 0.6) is 5.75 Å². The lowest BCUT2D eigenvalue weighted by Crippen LogP contribution is -2.14. The van der Waals surface area contributed by atoms with E-state index in [1.807, 2.05) is 0 Å². The Bertz CT molecular complexity index is 753. The summed E-state index contributed by atoms with van der Waals surface area (Å²) in [7, 11) is -3.94. The van der Waals surface area contributed by atoms with Crippen LogP contribution in [-0.4, -0.2) is 20.0 Å². The summed E-state index contributed by atoms with van der Waals surface area (Å²) in [4.78, 5) is 3.52. The highest BCUT2D eigenvalue weighted by Crippen LogP contribution is 2.25. The molecule has 0 aliphatic carbocycles. The maximum atomic E-state index is 13.7. The molecule has 0 spiro atoms. The Balaban J connectivity index is 2.29. The van der Waals surface area contributed by atoms with Gasteiger partial charge in [0.1, 0.15) is 10.0 Å². The van der Waals surface area contributed by atoms with Gasteiger partial charge in [-0.25, -0.2) is 17.8 Å². The number of ether oxygens (including phenoxy) is 1. The van der Waals surface area contributed by atoms with Gasteiger partial charge in [-0.2, -0.15) is 0 Å². The Morgan fingerprint density at radius 1 is 1.38 bits per heavy atom. The molecule has 0 unspecified atom stereocenters. The molecule has 1 N–H and O–H groups in total. The van der Waals surface area contributed by atoms with Crippen LogP contribution in [0.4, 0.5) is 10.1 Å². The molecule has 1 aromatic heterocycles. The molecule has 0 atom stereocenters. The van der Waals surface area contributed by atoms with Crippen molar-refractivity contribution in [3.8, 4) is 5.75 Å². The van der Waals surface area contributed by atoms with Gasteiger partial charge in [-0.15, -0.1) is 0 Å². The van der Waals surface area contributed by atoms with Gasteiger partial charge >= 0.3 is 0 Å². The summed E-state index contributed by atoms with van der Waals surface area (Å²) in [6.07, 6.45) is 1.37. The lowest BCUT2D eigenvalue weighted by molar-refractivity contribution is 0.321. The lowest BCUT2D eigenvalue weighted by Gasteiger charge is -2.10. The van der Waals surface area contributed by atoms with Crippen molar-refractivity contribution >= 4 is 27.3 Å². The minimum atomic E-state index is -3.94. The molecule has 1 heterocycles. The van der Waals surface area contributed by atoms with Crippen LogP contribution >= 0.6 is 11.6 Å². The zero-order valence-electron chi connectivity index (χ0n) is 11.0. The Hall–Kier alpha value is -1.86. The molecule has 0 amide bonds. The third-order valence-corrected chi connectivity index (χ3v) is 4.32. The fourth-order valence-electron chi connectivity index (χ4n) is 1.62. The van der Waals surface area contributed by atoms with E-state index in [2.05, 4.69) is 9.71 Å². The summed E-state index contributed by atoms with van der Waals surface area (Å²) in [5.41, 5.74) is 0.0656. The first-order valence-corrected chi connectivity index (χ1v) is 7.86. The van der Waals surface area contributed by atoms with E-state index in [0.29, 0.717) is 6.61 Å². The monoisotopic (exact) mass is 330 g/mol. The van der Waals surface area contributed by atoms with Crippen LogP contribution in [0.2, 0.25) is 5.15 Å². The normalized spacial score (nSPS) is 11.2. The number of anilines is 1. The van der Waals surface area contributed by atoms with Crippen molar-refractivity contribution < 1.29 is 17.5 Å². The molecule has 0 radical (unpaired) electrons. The van der Waals surface area contributed by atoms with Crippen LogP contribution in [0.3, 0.4) is 0 Å². The van der Waals surface area contributed by atoms with Gasteiger partial charge in [0.15, 0.2) is 11.6 Å². The highest BCUT2D eigenvalue weighted by molar-refractivity contribution is 7.92. The zero-order valence-corrected chi connectivity index (χ0v) is 12.6. The van der Waals surface area contributed by atoms with E-state index < -0.39 is 15.8 Å². The molecule has 0 aliphatic heterocycles. The summed E-state index contributed by atoms with van der Waals surface area (Å²) in [6.45, 7) is 2.04. The average molecular weight is 331 g/mol. The molecule has 5 nitrogen and oxygen atoms in total. The van der Waals surface area contributed by atoms with Crippen molar-refractivity contribution in [3.63, 3.8) is 0 Å². The predicted molar refractivity (Wildman–Crippen MR) is 77.6 cm³/mol. The standard InChI is InChI=1S/C13H12ClFN2O3S/c1-2-20-11-6-5-9(8-10(11)15)17-21(18,19)12-4-3-7-16-13(12)14/h3-8,17H,2H2,1H3. The second-order valence-corrected chi connectivity index (χ2v) is 5.98. The number of nitrogens with zero attached hydrogens (tertiary/aromatic N) is 1. The molecule has 21 heavy (non-hydrogen) atoms. The molecule has 0 aliphatic rings. The number of halogens is 2. The van der Waals surface area contributed by atoms with Gasteiger partial charge in [0.05, 0.1) is 12.3 Å². The molecule has 0 saturated carbocycles. The topological polar surface area (TPSA) is 68.3 Å². The summed E-state index contributed by atoms with van der Waals surface area (Å²) in [6, 6.07) is 6.53. The highest BCUT2D eigenvalue weighted by atomic mass is 35.5. The van der Waals surface area contributed by atoms with E-state index >= 15 is 0 Å². The first-order chi connectivity index (χ1) is 9.94. The zero-order chi connectivity index (χ0) is 15.5. The Morgan fingerprint density at radius 3 is 2.76 bits per heavy atom. The lowest BCUT2D eigenvalue weighted by atomic mass is 10.3. The van der Waals surface area contributed by atoms with E-state index in [1.54, 1.807) is 6.92 Å². The SMILES string of the molecule is CCOc1ccc(NS(=O)(=O)c2cccnc2Cl)cc1F. The number of aromatic nitrogens is 1. The smallest absolute Gasteiger partial charge is 0.264 e. The van der Waals surface area contributed by atoms with Crippen molar-refractivity contribution in [1.82, 2.24) is 4.98 Å². The van der Waals surface area contributed by atoms with E-state index in [0.717, 1.165) is 6.07 Å². The second kappa shape index (κ2) is 6.28. The summed E-state index contributed by atoms with van der Waals surface area (Å²) >= 11 is 5.75. The van der Waals surface area contributed by atoms with E-state index in [9.17, 15) is 12.8 Å². The maximum Gasteiger partial charge on any atom is 0.264 e. The van der Waals surface area contributed by atoms with Crippen LogP contribution < -0.4 is 9.46 Å². The fourth-order valence-corrected chi connectivity index (χ4v) is 3.12. The highest BCUT2D eigenvalue weighted by Gasteiger charge is 2.19. The number of pyridine rings is 1. The molecule has 2 rings (SSSR count). The fraction of sp³-hybridized carbons (Fsp3) is 0.154. The second-order valence-electron chi connectivity index (χ2n) is 3.98. The third-order valence-electron chi connectivity index (χ3n) is 2.50. The Labute approximate surface area is 126 Å². The quantitative estimate of drug-likeness (QED) is 0.855. The van der Waals surface area contributed by atoms with Gasteiger partial charge in [0.2, 0.25) is 0 Å². The van der Waals surface area contributed by atoms with Crippen molar-refractivity contribution in [1.29, 1.82) is 0 Å². The van der Waals surface area contributed by atoms with Gasteiger partial charge < -0.3 is 4.74 Å². The molecule has 1 aromatic carbocycles. The largest absolute Gasteiger partial charge is 0.491 e. The molecule has 0 saturated heterocycles. The third kappa shape index (κ3) is 3.62. The van der Waals surface area contributed by atoms with Gasteiger partial charge in [-0.3, -0.25) is 4.72 Å². The van der Waals surface area contributed by atoms with Crippen LogP contribution in [0.15, 0.2) is 41.4 Å². The molecule has 0 bridgehead atoms. The number of nitrogens with one attached hydrogen (secondary N) is 1. The number of hydrogen-bond donors (Lipinski definition) is 1. The minimum Gasteiger partial charge on any atom is -0.491 e. The predicted octanol–water partition coefficient (Wildman–Crippen LogP) is 3.07. The minimum absolute atomic E-state index is 0.0554. The van der Waals surface area contributed by atoms with Crippen molar-refractivity contribution in [2.24, 2.45) is 0 Å². The molecule has 8 heteroatoms. The first-order valence-electron chi connectivity index (χ1n) is 5.99. The van der Waals surface area contributed by atoms with E-state index in [-0.39, 0.29) is 21.5 Å². The van der Waals surface area contributed by atoms with Gasteiger partial charge in [0.25, 0.3) is 10.0 Å². The first kappa shape index (κ1) is 15.5. The molecule has 2 aromatic rings.